The molecule has 0 aliphatic carbocycles. The Hall–Kier alpha value is -2.17. The fraction of sp³-hybridized carbons (Fsp3) is 0.182. The van der Waals surface area contributed by atoms with Crippen molar-refractivity contribution in [1.29, 1.82) is 0 Å². The van der Waals surface area contributed by atoms with Crippen LogP contribution in [0.25, 0.3) is 11.3 Å². The van der Waals surface area contributed by atoms with Crippen molar-refractivity contribution in [2.75, 3.05) is 5.32 Å². The summed E-state index contributed by atoms with van der Waals surface area (Å²) in [4.78, 5) is 15.2. The molecule has 2 heterocycles. The van der Waals surface area contributed by atoms with Crippen LogP contribution in [0, 0.1) is 0 Å². The Balaban J connectivity index is 2.14. The van der Waals surface area contributed by atoms with Gasteiger partial charge in [0.05, 0.1) is 0 Å². The van der Waals surface area contributed by atoms with Crippen molar-refractivity contribution in [3.63, 3.8) is 0 Å². The van der Waals surface area contributed by atoms with Crippen LogP contribution in [0.15, 0.2) is 35.2 Å². The summed E-state index contributed by atoms with van der Waals surface area (Å²) < 4.78 is 4.73. The van der Waals surface area contributed by atoms with Crippen LogP contribution in [0.2, 0.25) is 0 Å². The molecule has 0 atom stereocenters. The van der Waals surface area contributed by atoms with Crippen molar-refractivity contribution in [2.45, 2.75) is 13.3 Å². The highest BCUT2D eigenvalue weighted by molar-refractivity contribution is 5.89. The number of anilines is 1. The summed E-state index contributed by atoms with van der Waals surface area (Å²) in [5.74, 6) is 0.487. The molecule has 0 fully saturated rings. The fourth-order valence-corrected chi connectivity index (χ4v) is 1.21. The van der Waals surface area contributed by atoms with E-state index in [1.54, 1.807) is 25.3 Å². The normalized spacial score (nSPS) is 10.1. The zero-order valence-electron chi connectivity index (χ0n) is 8.80. The van der Waals surface area contributed by atoms with E-state index in [0.717, 1.165) is 11.3 Å². The predicted octanol–water partition coefficient (Wildman–Crippen LogP) is 2.09. The monoisotopic (exact) mass is 217 g/mol. The maximum absolute atomic E-state index is 11.1. The van der Waals surface area contributed by atoms with Gasteiger partial charge in [-0.3, -0.25) is 4.79 Å². The van der Waals surface area contributed by atoms with Crippen LogP contribution in [-0.2, 0) is 4.79 Å². The lowest BCUT2D eigenvalue weighted by atomic mass is 10.2. The average molecular weight is 217 g/mol. The molecule has 16 heavy (non-hydrogen) atoms. The molecule has 0 aliphatic heterocycles. The van der Waals surface area contributed by atoms with Crippen molar-refractivity contribution >= 4 is 11.7 Å². The van der Waals surface area contributed by atoms with Gasteiger partial charge in [-0.05, 0) is 12.1 Å². The van der Waals surface area contributed by atoms with Crippen molar-refractivity contribution in [2.24, 2.45) is 0 Å². The SMILES string of the molecule is CCC(=O)Nc1ccc(-c2ccon2)cn1. The second kappa shape index (κ2) is 4.57. The molecule has 0 spiro atoms. The summed E-state index contributed by atoms with van der Waals surface area (Å²) in [6.45, 7) is 1.79. The maximum atomic E-state index is 11.1. The van der Waals surface area contributed by atoms with Gasteiger partial charge in [0.25, 0.3) is 0 Å². The van der Waals surface area contributed by atoms with Crippen LogP contribution in [0.3, 0.4) is 0 Å². The molecule has 0 saturated heterocycles. The Morgan fingerprint density at radius 3 is 2.88 bits per heavy atom. The van der Waals surface area contributed by atoms with Gasteiger partial charge >= 0.3 is 0 Å². The van der Waals surface area contributed by atoms with Gasteiger partial charge in [0.15, 0.2) is 0 Å². The molecule has 0 saturated carbocycles. The molecule has 5 nitrogen and oxygen atoms in total. The van der Waals surface area contributed by atoms with Crippen molar-refractivity contribution in [3.05, 3.63) is 30.7 Å². The number of hydrogen-bond acceptors (Lipinski definition) is 4. The van der Waals surface area contributed by atoms with E-state index >= 15 is 0 Å². The van der Waals surface area contributed by atoms with Crippen LogP contribution < -0.4 is 5.32 Å². The number of amides is 1. The molecule has 82 valence electrons. The minimum absolute atomic E-state index is 0.0540. The lowest BCUT2D eigenvalue weighted by Crippen LogP contribution is -2.10. The van der Waals surface area contributed by atoms with Gasteiger partial charge in [-0.2, -0.15) is 0 Å². The maximum Gasteiger partial charge on any atom is 0.225 e. The summed E-state index contributed by atoms with van der Waals surface area (Å²) in [6, 6.07) is 5.31. The van der Waals surface area contributed by atoms with Gasteiger partial charge in [-0.1, -0.05) is 12.1 Å². The molecule has 2 aromatic heterocycles. The second-order valence-corrected chi connectivity index (χ2v) is 3.22. The molecule has 5 heteroatoms. The van der Waals surface area contributed by atoms with Crippen molar-refractivity contribution < 1.29 is 9.32 Å². The summed E-state index contributed by atoms with van der Waals surface area (Å²) in [5, 5.41) is 6.46. The van der Waals surface area contributed by atoms with Gasteiger partial charge < -0.3 is 9.84 Å². The molecule has 0 bridgehead atoms. The summed E-state index contributed by atoms with van der Waals surface area (Å²) >= 11 is 0. The number of hydrogen-bond donors (Lipinski definition) is 1. The van der Waals surface area contributed by atoms with Gasteiger partial charge in [-0.15, -0.1) is 0 Å². The molecular weight excluding hydrogens is 206 g/mol. The molecule has 0 aliphatic rings. The van der Waals surface area contributed by atoms with E-state index in [4.69, 9.17) is 4.52 Å². The van der Waals surface area contributed by atoms with E-state index < -0.39 is 0 Å². The Kier molecular flexibility index (Phi) is 2.95. The van der Waals surface area contributed by atoms with Crippen LogP contribution in [-0.4, -0.2) is 16.0 Å². The summed E-state index contributed by atoms with van der Waals surface area (Å²) in [6.07, 6.45) is 3.58. The standard InChI is InChI=1S/C11H11N3O2/c1-2-11(15)13-10-4-3-8(7-12-10)9-5-6-16-14-9/h3-7H,2H2,1H3,(H,12,13,15). The third kappa shape index (κ3) is 2.25. The van der Waals surface area contributed by atoms with E-state index in [2.05, 4.69) is 15.5 Å². The fourth-order valence-electron chi connectivity index (χ4n) is 1.21. The van der Waals surface area contributed by atoms with Gasteiger partial charge in [-0.25, -0.2) is 4.98 Å². The summed E-state index contributed by atoms with van der Waals surface area (Å²) in [7, 11) is 0. The highest BCUT2D eigenvalue weighted by Gasteiger charge is 2.03. The van der Waals surface area contributed by atoms with Crippen LogP contribution in [0.1, 0.15) is 13.3 Å². The molecule has 1 N–H and O–H groups in total. The lowest BCUT2D eigenvalue weighted by molar-refractivity contribution is -0.115. The number of nitrogens with one attached hydrogen (secondary N) is 1. The smallest absolute Gasteiger partial charge is 0.225 e. The quantitative estimate of drug-likeness (QED) is 0.854. The Labute approximate surface area is 92.5 Å². The van der Waals surface area contributed by atoms with Crippen LogP contribution >= 0.6 is 0 Å². The second-order valence-electron chi connectivity index (χ2n) is 3.22. The van der Waals surface area contributed by atoms with Gasteiger partial charge in [0.2, 0.25) is 5.91 Å². The Morgan fingerprint density at radius 2 is 2.31 bits per heavy atom. The zero-order valence-corrected chi connectivity index (χ0v) is 8.80. The first-order valence-electron chi connectivity index (χ1n) is 4.96. The van der Waals surface area contributed by atoms with E-state index in [-0.39, 0.29) is 5.91 Å². The third-order valence-corrected chi connectivity index (χ3v) is 2.09. The molecule has 2 aromatic rings. The summed E-state index contributed by atoms with van der Waals surface area (Å²) in [5.41, 5.74) is 1.57. The highest BCUT2D eigenvalue weighted by atomic mass is 16.5. The van der Waals surface area contributed by atoms with Crippen molar-refractivity contribution in [3.8, 4) is 11.3 Å². The molecule has 0 unspecified atom stereocenters. The molecule has 0 radical (unpaired) electrons. The number of rotatable bonds is 3. The first-order chi connectivity index (χ1) is 7.79. The van der Waals surface area contributed by atoms with E-state index in [1.165, 1.54) is 6.26 Å². The number of aromatic nitrogens is 2. The minimum atomic E-state index is -0.0540. The number of carbonyl (C=O) groups is 1. The Morgan fingerprint density at radius 1 is 1.44 bits per heavy atom. The highest BCUT2D eigenvalue weighted by Crippen LogP contribution is 2.17. The molecule has 2 rings (SSSR count). The molecular formula is C11H11N3O2. The first kappa shape index (κ1) is 10.4. The van der Waals surface area contributed by atoms with E-state index in [0.29, 0.717) is 12.2 Å². The predicted molar refractivity (Wildman–Crippen MR) is 58.7 cm³/mol. The third-order valence-electron chi connectivity index (χ3n) is 2.09. The molecule has 1 amide bonds. The number of carbonyl (C=O) groups excluding carboxylic acids is 1. The van der Waals surface area contributed by atoms with Crippen LogP contribution in [0.5, 0.6) is 0 Å². The van der Waals surface area contributed by atoms with Crippen LogP contribution in [0.4, 0.5) is 5.82 Å². The van der Waals surface area contributed by atoms with Gasteiger partial charge in [0, 0.05) is 24.2 Å². The average Bonchev–Trinajstić information content (AvgIpc) is 2.83. The number of nitrogens with zero attached hydrogens (tertiary/aromatic N) is 2. The topological polar surface area (TPSA) is 68.0 Å². The van der Waals surface area contributed by atoms with E-state index in [1.807, 2.05) is 6.07 Å². The van der Waals surface area contributed by atoms with Gasteiger partial charge in [0.1, 0.15) is 17.8 Å². The Bertz CT molecular complexity index is 462. The largest absolute Gasteiger partial charge is 0.364 e. The molecule has 0 aromatic carbocycles. The van der Waals surface area contributed by atoms with Crippen molar-refractivity contribution in [1.82, 2.24) is 10.1 Å². The first-order valence-corrected chi connectivity index (χ1v) is 4.96. The van der Waals surface area contributed by atoms with E-state index in [9.17, 15) is 4.79 Å². The lowest BCUT2D eigenvalue weighted by Gasteiger charge is -2.02. The number of pyridine rings is 1. The minimum Gasteiger partial charge on any atom is -0.364 e. The zero-order chi connectivity index (χ0) is 11.4.